The van der Waals surface area contributed by atoms with E-state index in [-0.39, 0.29) is 0 Å². The molecule has 0 amide bonds. The van der Waals surface area contributed by atoms with Crippen molar-refractivity contribution in [1.29, 1.82) is 0 Å². The molecule has 146 valence electrons. The smallest absolute Gasteiger partial charge is 0.137 e. The maximum absolute atomic E-state index is 4.47. The Morgan fingerprint density at radius 1 is 0.742 bits per heavy atom. The Balaban J connectivity index is 1.72. The lowest BCUT2D eigenvalue weighted by atomic mass is 10.1. The largest absolute Gasteiger partial charge is 0.345 e. The third kappa shape index (κ3) is 2.36. The number of imidazole rings is 1. The second-order valence-electron chi connectivity index (χ2n) is 7.77. The number of H-pyrrole nitrogens is 1. The number of rotatable bonds is 2. The number of hydrogen-bond donors (Lipinski definition) is 1. The van der Waals surface area contributed by atoms with Crippen LogP contribution in [0.5, 0.6) is 0 Å². The van der Waals surface area contributed by atoms with Crippen LogP contribution in [0.1, 0.15) is 0 Å². The maximum atomic E-state index is 4.47. The summed E-state index contributed by atoms with van der Waals surface area (Å²) in [7, 11) is 0. The normalized spacial score (nSPS) is 11.9. The van der Waals surface area contributed by atoms with Crippen molar-refractivity contribution in [2.45, 2.75) is 0 Å². The molecule has 4 aromatic carbocycles. The number of aromatic nitrogens is 3. The van der Waals surface area contributed by atoms with Crippen molar-refractivity contribution in [3.63, 3.8) is 0 Å². The summed E-state index contributed by atoms with van der Waals surface area (Å²) in [4.78, 5) is 7.71. The highest BCUT2D eigenvalue weighted by atomic mass is 32.1. The molecule has 31 heavy (non-hydrogen) atoms. The summed E-state index contributed by atoms with van der Waals surface area (Å²) in [6.07, 6.45) is 3.67. The van der Waals surface area contributed by atoms with Gasteiger partial charge in [0, 0.05) is 54.6 Å². The quantitative estimate of drug-likeness (QED) is 0.311. The molecule has 0 saturated carbocycles. The van der Waals surface area contributed by atoms with Crippen molar-refractivity contribution in [3.8, 4) is 17.1 Å². The Hall–Kier alpha value is -3.89. The minimum Gasteiger partial charge on any atom is -0.345 e. The van der Waals surface area contributed by atoms with Crippen LogP contribution in [-0.4, -0.2) is 14.5 Å². The topological polar surface area (TPSA) is 33.6 Å². The van der Waals surface area contributed by atoms with Crippen LogP contribution in [0.3, 0.4) is 0 Å². The molecule has 0 atom stereocenters. The molecule has 3 aromatic heterocycles. The molecule has 0 bridgehead atoms. The average Bonchev–Trinajstić information content (AvgIpc) is 3.54. The van der Waals surface area contributed by atoms with E-state index in [0.717, 1.165) is 11.4 Å². The number of thiophene rings is 1. The first-order valence-electron chi connectivity index (χ1n) is 10.3. The Morgan fingerprint density at radius 3 is 2.45 bits per heavy atom. The van der Waals surface area contributed by atoms with Gasteiger partial charge in [-0.3, -0.25) is 0 Å². The van der Waals surface area contributed by atoms with Gasteiger partial charge in [0.05, 0.1) is 11.0 Å². The van der Waals surface area contributed by atoms with E-state index in [1.165, 1.54) is 47.7 Å². The molecule has 0 saturated heterocycles. The molecule has 7 aromatic rings. The number of benzene rings is 4. The molecular formula is C27H17N3S. The number of nitrogens with one attached hydrogen (secondary N) is 1. The van der Waals surface area contributed by atoms with E-state index in [4.69, 9.17) is 0 Å². The summed E-state index contributed by atoms with van der Waals surface area (Å²) in [5.41, 5.74) is 4.72. The monoisotopic (exact) mass is 415 g/mol. The van der Waals surface area contributed by atoms with Gasteiger partial charge in [0.1, 0.15) is 5.82 Å². The van der Waals surface area contributed by atoms with Crippen LogP contribution in [0.4, 0.5) is 0 Å². The molecule has 0 spiro atoms. The maximum Gasteiger partial charge on any atom is 0.137 e. The molecule has 3 nitrogen and oxygen atoms in total. The second kappa shape index (κ2) is 6.30. The average molecular weight is 416 g/mol. The van der Waals surface area contributed by atoms with E-state index in [2.05, 4.69) is 99.5 Å². The molecule has 3 heterocycles. The summed E-state index contributed by atoms with van der Waals surface area (Å²) < 4.78 is 5.06. The van der Waals surface area contributed by atoms with Crippen molar-refractivity contribution in [3.05, 3.63) is 97.3 Å². The van der Waals surface area contributed by atoms with Gasteiger partial charge in [-0.2, -0.15) is 0 Å². The highest BCUT2D eigenvalue weighted by molar-refractivity contribution is 7.26. The number of aromatic amines is 1. The van der Waals surface area contributed by atoms with Gasteiger partial charge >= 0.3 is 0 Å². The molecule has 0 unspecified atom stereocenters. The van der Waals surface area contributed by atoms with Crippen molar-refractivity contribution in [2.75, 3.05) is 0 Å². The van der Waals surface area contributed by atoms with Gasteiger partial charge < -0.3 is 9.55 Å². The van der Waals surface area contributed by atoms with Crippen molar-refractivity contribution < 1.29 is 0 Å². The third-order valence-corrected chi connectivity index (χ3v) is 7.19. The van der Waals surface area contributed by atoms with Crippen LogP contribution < -0.4 is 0 Å². The van der Waals surface area contributed by atoms with E-state index in [1.807, 2.05) is 17.5 Å². The lowest BCUT2D eigenvalue weighted by Gasteiger charge is -2.09. The zero-order valence-corrected chi connectivity index (χ0v) is 17.4. The third-order valence-electron chi connectivity index (χ3n) is 6.05. The lowest BCUT2D eigenvalue weighted by molar-refractivity contribution is 1.19. The first-order valence-corrected chi connectivity index (χ1v) is 11.1. The first-order chi connectivity index (χ1) is 15.4. The molecule has 7 rings (SSSR count). The zero-order chi connectivity index (χ0) is 20.4. The van der Waals surface area contributed by atoms with Crippen molar-refractivity contribution >= 4 is 53.3 Å². The standard InChI is InChI=1S/C27H17N3S/c1-2-6-18(7-3-1)30-22-16-17(27-28-14-15-29-27)10-11-19(22)20-12-13-24-25(26(20)30)21-8-4-5-9-23(21)31-24/h1-16H,(H,28,29). The Labute approximate surface area is 182 Å². The summed E-state index contributed by atoms with van der Waals surface area (Å²) in [5.74, 6) is 0.887. The van der Waals surface area contributed by atoms with Crippen LogP contribution in [-0.2, 0) is 0 Å². The first kappa shape index (κ1) is 16.9. The second-order valence-corrected chi connectivity index (χ2v) is 8.86. The molecule has 0 fully saturated rings. The molecule has 0 aliphatic heterocycles. The summed E-state index contributed by atoms with van der Waals surface area (Å²) >= 11 is 1.86. The van der Waals surface area contributed by atoms with Crippen LogP contribution >= 0.6 is 11.3 Å². The van der Waals surface area contributed by atoms with E-state index in [0.29, 0.717) is 0 Å². The Bertz CT molecular complexity index is 1720. The molecular weight excluding hydrogens is 398 g/mol. The van der Waals surface area contributed by atoms with E-state index < -0.39 is 0 Å². The summed E-state index contributed by atoms with van der Waals surface area (Å²) in [6, 6.07) is 30.6. The molecule has 0 radical (unpaired) electrons. The van der Waals surface area contributed by atoms with Crippen LogP contribution in [0.2, 0.25) is 0 Å². The number of hydrogen-bond acceptors (Lipinski definition) is 2. The fourth-order valence-electron chi connectivity index (χ4n) is 4.73. The lowest BCUT2D eigenvalue weighted by Crippen LogP contribution is -1.94. The highest BCUT2D eigenvalue weighted by Gasteiger charge is 2.18. The SMILES string of the molecule is c1ccc(-n2c3cc(-c4ncc[nH]4)ccc3c3ccc4sc5ccccc5c4c32)cc1. The van der Waals surface area contributed by atoms with Gasteiger partial charge in [0.15, 0.2) is 0 Å². The van der Waals surface area contributed by atoms with Gasteiger partial charge in [0.2, 0.25) is 0 Å². The fourth-order valence-corrected chi connectivity index (χ4v) is 5.84. The predicted molar refractivity (Wildman–Crippen MR) is 131 cm³/mol. The Morgan fingerprint density at radius 2 is 1.58 bits per heavy atom. The zero-order valence-electron chi connectivity index (χ0n) is 16.5. The fraction of sp³-hybridized carbons (Fsp3) is 0. The van der Waals surface area contributed by atoms with E-state index >= 15 is 0 Å². The molecule has 0 aliphatic rings. The molecule has 4 heteroatoms. The Kier molecular flexibility index (Phi) is 3.43. The molecule has 1 N–H and O–H groups in total. The predicted octanol–water partition coefficient (Wildman–Crippen LogP) is 7.54. The number of fused-ring (bicyclic) bond motifs is 7. The van der Waals surface area contributed by atoms with Crippen molar-refractivity contribution in [2.24, 2.45) is 0 Å². The summed E-state index contributed by atoms with van der Waals surface area (Å²) in [5, 5.41) is 5.18. The van der Waals surface area contributed by atoms with Crippen LogP contribution in [0, 0.1) is 0 Å². The summed E-state index contributed by atoms with van der Waals surface area (Å²) in [6.45, 7) is 0. The number of para-hydroxylation sites is 1. The molecule has 0 aliphatic carbocycles. The highest BCUT2D eigenvalue weighted by Crippen LogP contribution is 2.43. The van der Waals surface area contributed by atoms with Gasteiger partial charge in [0.25, 0.3) is 0 Å². The van der Waals surface area contributed by atoms with Crippen LogP contribution in [0.25, 0.3) is 59.1 Å². The van der Waals surface area contributed by atoms with Gasteiger partial charge in [-0.15, -0.1) is 11.3 Å². The van der Waals surface area contributed by atoms with Crippen LogP contribution in [0.15, 0.2) is 97.3 Å². The minimum absolute atomic E-state index is 0.887. The number of nitrogens with zero attached hydrogens (tertiary/aromatic N) is 2. The van der Waals surface area contributed by atoms with E-state index in [9.17, 15) is 0 Å². The van der Waals surface area contributed by atoms with E-state index in [1.54, 1.807) is 6.20 Å². The van der Waals surface area contributed by atoms with Gasteiger partial charge in [-0.25, -0.2) is 4.98 Å². The van der Waals surface area contributed by atoms with Gasteiger partial charge in [-0.05, 0) is 30.3 Å². The van der Waals surface area contributed by atoms with Crippen molar-refractivity contribution in [1.82, 2.24) is 14.5 Å². The minimum atomic E-state index is 0.887. The van der Waals surface area contributed by atoms with Gasteiger partial charge in [-0.1, -0.05) is 54.6 Å².